The van der Waals surface area contributed by atoms with Gasteiger partial charge in [-0.2, -0.15) is 0 Å². The van der Waals surface area contributed by atoms with E-state index in [4.69, 9.17) is 0 Å². The van der Waals surface area contributed by atoms with Crippen LogP contribution in [0.2, 0.25) is 0 Å². The van der Waals surface area contributed by atoms with Gasteiger partial charge >= 0.3 is 0 Å². The van der Waals surface area contributed by atoms with Crippen LogP contribution in [0.15, 0.2) is 15.9 Å². The zero-order valence-corrected chi connectivity index (χ0v) is 12.5. The zero-order chi connectivity index (χ0) is 12.2. The second-order valence-electron chi connectivity index (χ2n) is 4.48. The first-order valence-electron chi connectivity index (χ1n) is 5.65. The van der Waals surface area contributed by atoms with Gasteiger partial charge in [0.15, 0.2) is 0 Å². The Kier molecular flexibility index (Phi) is 5.44. The Morgan fingerprint density at radius 2 is 2.31 bits per heavy atom. The number of hydrogen-bond donors (Lipinski definition) is 2. The van der Waals surface area contributed by atoms with Gasteiger partial charge in [0.05, 0.1) is 5.60 Å². The summed E-state index contributed by atoms with van der Waals surface area (Å²) >= 11 is 5.26. The highest BCUT2D eigenvalue weighted by Crippen LogP contribution is 2.29. The molecule has 0 aliphatic carbocycles. The molecule has 2 N–H and O–H groups in total. The fraction of sp³-hybridized carbons (Fsp3) is 0.667. The quantitative estimate of drug-likeness (QED) is 0.839. The Morgan fingerprint density at radius 1 is 1.62 bits per heavy atom. The molecule has 0 amide bonds. The summed E-state index contributed by atoms with van der Waals surface area (Å²) in [6.45, 7) is 6.73. The minimum Gasteiger partial charge on any atom is -0.389 e. The maximum atomic E-state index is 10.1. The van der Waals surface area contributed by atoms with Gasteiger partial charge in [-0.15, -0.1) is 11.3 Å². The van der Waals surface area contributed by atoms with Gasteiger partial charge < -0.3 is 10.4 Å². The zero-order valence-electron chi connectivity index (χ0n) is 10.1. The predicted octanol–water partition coefficient (Wildman–Crippen LogP) is 3.71. The molecule has 2 atom stereocenters. The van der Waals surface area contributed by atoms with Crippen molar-refractivity contribution in [1.29, 1.82) is 0 Å². The van der Waals surface area contributed by atoms with Crippen LogP contribution in [0.3, 0.4) is 0 Å². The number of halogens is 1. The molecular formula is C12H20BrNOS. The fourth-order valence-electron chi connectivity index (χ4n) is 1.71. The van der Waals surface area contributed by atoms with Crippen LogP contribution in [-0.2, 0) is 0 Å². The molecule has 16 heavy (non-hydrogen) atoms. The first kappa shape index (κ1) is 14.2. The van der Waals surface area contributed by atoms with Crippen molar-refractivity contribution in [3.63, 3.8) is 0 Å². The van der Waals surface area contributed by atoms with E-state index in [0.29, 0.717) is 6.54 Å². The molecule has 0 radical (unpaired) electrons. The fourth-order valence-corrected chi connectivity index (χ4v) is 3.46. The third-order valence-corrected chi connectivity index (χ3v) is 4.67. The van der Waals surface area contributed by atoms with E-state index in [1.807, 2.05) is 6.92 Å². The van der Waals surface area contributed by atoms with Gasteiger partial charge in [0.25, 0.3) is 0 Å². The summed E-state index contributed by atoms with van der Waals surface area (Å²) in [4.78, 5) is 1.28. The van der Waals surface area contributed by atoms with Crippen LogP contribution in [0.4, 0.5) is 0 Å². The highest BCUT2D eigenvalue weighted by atomic mass is 79.9. The smallest absolute Gasteiger partial charge is 0.0743 e. The maximum absolute atomic E-state index is 10.1. The van der Waals surface area contributed by atoms with Gasteiger partial charge in [-0.3, -0.25) is 0 Å². The lowest BCUT2D eigenvalue weighted by Crippen LogP contribution is -2.38. The average molecular weight is 306 g/mol. The Morgan fingerprint density at radius 3 is 2.81 bits per heavy atom. The number of rotatable bonds is 6. The Hall–Kier alpha value is 0.100. The van der Waals surface area contributed by atoms with Crippen molar-refractivity contribution in [3.05, 3.63) is 20.8 Å². The summed E-state index contributed by atoms with van der Waals surface area (Å²) in [5, 5.41) is 15.5. The summed E-state index contributed by atoms with van der Waals surface area (Å²) in [5.41, 5.74) is -0.604. The Balaban J connectivity index is 2.47. The molecule has 92 valence electrons. The van der Waals surface area contributed by atoms with Crippen molar-refractivity contribution in [3.8, 4) is 0 Å². The van der Waals surface area contributed by atoms with Crippen LogP contribution in [0.25, 0.3) is 0 Å². The molecule has 0 aliphatic heterocycles. The van der Waals surface area contributed by atoms with E-state index < -0.39 is 5.60 Å². The minimum absolute atomic E-state index is 0.276. The van der Waals surface area contributed by atoms with E-state index >= 15 is 0 Å². The number of thiophene rings is 1. The molecule has 4 heteroatoms. The molecular weight excluding hydrogens is 286 g/mol. The minimum atomic E-state index is -0.604. The average Bonchev–Trinajstić information content (AvgIpc) is 2.61. The SMILES string of the molecule is CCCC(C)(O)CNC(C)c1sccc1Br. The number of nitrogens with one attached hydrogen (secondary N) is 1. The second-order valence-corrected chi connectivity index (χ2v) is 6.28. The lowest BCUT2D eigenvalue weighted by Gasteiger charge is -2.25. The van der Waals surface area contributed by atoms with Gasteiger partial charge in [0, 0.05) is 21.9 Å². The normalized spacial score (nSPS) is 17.1. The van der Waals surface area contributed by atoms with Crippen LogP contribution >= 0.6 is 27.3 Å². The molecule has 0 fully saturated rings. The summed E-state index contributed by atoms with van der Waals surface area (Å²) in [6, 6.07) is 2.33. The van der Waals surface area contributed by atoms with E-state index in [1.54, 1.807) is 11.3 Å². The summed E-state index contributed by atoms with van der Waals surface area (Å²) < 4.78 is 1.15. The van der Waals surface area contributed by atoms with Crippen LogP contribution in [-0.4, -0.2) is 17.3 Å². The molecule has 1 heterocycles. The van der Waals surface area contributed by atoms with Gasteiger partial charge in [-0.05, 0) is 47.6 Å². The van der Waals surface area contributed by atoms with Gasteiger partial charge in [-0.25, -0.2) is 0 Å². The first-order valence-corrected chi connectivity index (χ1v) is 7.32. The van der Waals surface area contributed by atoms with Crippen LogP contribution in [0.1, 0.15) is 44.5 Å². The van der Waals surface area contributed by atoms with E-state index in [-0.39, 0.29) is 6.04 Å². The van der Waals surface area contributed by atoms with E-state index in [2.05, 4.69) is 46.5 Å². The first-order chi connectivity index (χ1) is 7.46. The molecule has 1 aromatic rings. The van der Waals surface area contributed by atoms with Crippen LogP contribution in [0, 0.1) is 0 Å². The van der Waals surface area contributed by atoms with Gasteiger partial charge in [-0.1, -0.05) is 13.3 Å². The molecule has 0 spiro atoms. The Bertz CT molecular complexity index is 325. The molecule has 0 aliphatic rings. The Labute approximate surface area is 110 Å². The van der Waals surface area contributed by atoms with Gasteiger partial charge in [0.1, 0.15) is 0 Å². The van der Waals surface area contributed by atoms with E-state index in [9.17, 15) is 5.11 Å². The van der Waals surface area contributed by atoms with Crippen molar-refractivity contribution >= 4 is 27.3 Å². The lowest BCUT2D eigenvalue weighted by atomic mass is 10.0. The van der Waals surface area contributed by atoms with Crippen LogP contribution < -0.4 is 5.32 Å². The number of aliphatic hydroxyl groups is 1. The summed E-state index contributed by atoms with van der Waals surface area (Å²) in [7, 11) is 0. The molecule has 0 aromatic carbocycles. The third kappa shape index (κ3) is 4.17. The van der Waals surface area contributed by atoms with E-state index in [1.165, 1.54) is 4.88 Å². The topological polar surface area (TPSA) is 32.3 Å². The second kappa shape index (κ2) is 6.15. The lowest BCUT2D eigenvalue weighted by molar-refractivity contribution is 0.0477. The molecule has 1 aromatic heterocycles. The molecule has 0 saturated heterocycles. The van der Waals surface area contributed by atoms with Crippen molar-refractivity contribution in [2.24, 2.45) is 0 Å². The highest BCUT2D eigenvalue weighted by Gasteiger charge is 2.20. The highest BCUT2D eigenvalue weighted by molar-refractivity contribution is 9.10. The number of hydrogen-bond acceptors (Lipinski definition) is 3. The molecule has 0 bridgehead atoms. The molecule has 2 nitrogen and oxygen atoms in total. The van der Waals surface area contributed by atoms with Crippen molar-refractivity contribution in [1.82, 2.24) is 5.32 Å². The molecule has 2 unspecified atom stereocenters. The summed E-state index contributed by atoms with van der Waals surface area (Å²) in [5.74, 6) is 0. The van der Waals surface area contributed by atoms with Crippen molar-refractivity contribution in [2.75, 3.05) is 6.54 Å². The third-order valence-electron chi connectivity index (χ3n) is 2.62. The predicted molar refractivity (Wildman–Crippen MR) is 74.0 cm³/mol. The van der Waals surface area contributed by atoms with Gasteiger partial charge in [0.2, 0.25) is 0 Å². The van der Waals surface area contributed by atoms with E-state index in [0.717, 1.165) is 17.3 Å². The molecule has 0 saturated carbocycles. The largest absolute Gasteiger partial charge is 0.389 e. The maximum Gasteiger partial charge on any atom is 0.0743 e. The summed E-state index contributed by atoms with van der Waals surface area (Å²) in [6.07, 6.45) is 1.84. The van der Waals surface area contributed by atoms with Crippen molar-refractivity contribution < 1.29 is 5.11 Å². The standard InChI is InChI=1S/C12H20BrNOS/c1-4-6-12(3,15)8-14-9(2)11-10(13)5-7-16-11/h5,7,9,14-15H,4,6,8H2,1-3H3. The monoisotopic (exact) mass is 305 g/mol. The van der Waals surface area contributed by atoms with Crippen LogP contribution in [0.5, 0.6) is 0 Å². The van der Waals surface area contributed by atoms with Crippen molar-refractivity contribution in [2.45, 2.75) is 45.3 Å². The molecule has 1 rings (SSSR count).